The molecule has 0 spiro atoms. The fraction of sp³-hybridized carbons (Fsp3) is 0.316. The standard InChI is InChI=1S/C19H24N2O6S/c1-3-26-16-4-6-17(7-5-16)27-14-19(22)20-12-13-21-28(23,24)18-10-8-15(25-2)9-11-18/h4-11,21H,3,12-14H2,1-2H3,(H,20,22). The Balaban J connectivity index is 1.69. The molecule has 0 atom stereocenters. The number of nitrogens with one attached hydrogen (secondary N) is 2. The van der Waals surface area contributed by atoms with Crippen LogP contribution in [0.4, 0.5) is 0 Å². The summed E-state index contributed by atoms with van der Waals surface area (Å²) in [5, 5.41) is 2.59. The lowest BCUT2D eigenvalue weighted by molar-refractivity contribution is -0.123. The van der Waals surface area contributed by atoms with Gasteiger partial charge in [0, 0.05) is 13.1 Å². The van der Waals surface area contributed by atoms with E-state index in [4.69, 9.17) is 14.2 Å². The number of sulfonamides is 1. The van der Waals surface area contributed by atoms with Crippen molar-refractivity contribution >= 4 is 15.9 Å². The highest BCUT2D eigenvalue weighted by atomic mass is 32.2. The second-order valence-electron chi connectivity index (χ2n) is 5.62. The maximum atomic E-state index is 12.2. The van der Waals surface area contributed by atoms with E-state index in [0.29, 0.717) is 18.1 Å². The molecule has 8 nitrogen and oxygen atoms in total. The molecule has 0 aliphatic heterocycles. The first-order valence-corrected chi connectivity index (χ1v) is 10.2. The molecular weight excluding hydrogens is 384 g/mol. The molecule has 152 valence electrons. The van der Waals surface area contributed by atoms with Crippen LogP contribution in [0.2, 0.25) is 0 Å². The molecule has 0 unspecified atom stereocenters. The average molecular weight is 408 g/mol. The minimum atomic E-state index is -3.65. The first-order chi connectivity index (χ1) is 13.4. The van der Waals surface area contributed by atoms with Crippen LogP contribution in [0.3, 0.4) is 0 Å². The molecular formula is C19H24N2O6S. The number of amides is 1. The molecule has 2 aromatic rings. The summed E-state index contributed by atoms with van der Waals surface area (Å²) in [6.07, 6.45) is 0. The number of carbonyl (C=O) groups excluding carboxylic acids is 1. The van der Waals surface area contributed by atoms with Gasteiger partial charge in [0.1, 0.15) is 17.2 Å². The number of methoxy groups -OCH3 is 1. The van der Waals surface area contributed by atoms with Crippen LogP contribution in [0.5, 0.6) is 17.2 Å². The molecule has 0 aliphatic carbocycles. The smallest absolute Gasteiger partial charge is 0.257 e. The van der Waals surface area contributed by atoms with Crippen LogP contribution >= 0.6 is 0 Å². The lowest BCUT2D eigenvalue weighted by Crippen LogP contribution is -2.36. The monoisotopic (exact) mass is 408 g/mol. The first kappa shape index (κ1) is 21.5. The van der Waals surface area contributed by atoms with Crippen LogP contribution in [-0.4, -0.2) is 47.7 Å². The molecule has 0 aliphatic rings. The van der Waals surface area contributed by atoms with Gasteiger partial charge in [0.2, 0.25) is 10.0 Å². The summed E-state index contributed by atoms with van der Waals surface area (Å²) in [7, 11) is -2.14. The fourth-order valence-corrected chi connectivity index (χ4v) is 3.26. The van der Waals surface area contributed by atoms with Gasteiger partial charge in [-0.3, -0.25) is 4.79 Å². The largest absolute Gasteiger partial charge is 0.497 e. The van der Waals surface area contributed by atoms with Gasteiger partial charge in [-0.2, -0.15) is 0 Å². The Morgan fingerprint density at radius 3 is 2.04 bits per heavy atom. The molecule has 0 radical (unpaired) electrons. The molecule has 0 saturated carbocycles. The third kappa shape index (κ3) is 6.75. The van der Waals surface area contributed by atoms with Gasteiger partial charge in [-0.1, -0.05) is 0 Å². The summed E-state index contributed by atoms with van der Waals surface area (Å²) in [5.41, 5.74) is 0. The van der Waals surface area contributed by atoms with E-state index in [-0.39, 0.29) is 30.5 Å². The predicted molar refractivity (Wildman–Crippen MR) is 104 cm³/mol. The third-order valence-corrected chi connectivity index (χ3v) is 5.09. The van der Waals surface area contributed by atoms with Crippen LogP contribution in [0.25, 0.3) is 0 Å². The van der Waals surface area contributed by atoms with Crippen LogP contribution in [-0.2, 0) is 14.8 Å². The molecule has 0 bridgehead atoms. The van der Waals surface area contributed by atoms with Crippen molar-refractivity contribution in [1.82, 2.24) is 10.0 Å². The van der Waals surface area contributed by atoms with Gasteiger partial charge >= 0.3 is 0 Å². The Hall–Kier alpha value is -2.78. The molecule has 28 heavy (non-hydrogen) atoms. The number of benzene rings is 2. The topological polar surface area (TPSA) is 103 Å². The summed E-state index contributed by atoms with van der Waals surface area (Å²) in [6.45, 7) is 2.50. The molecule has 0 saturated heterocycles. The number of hydrogen-bond donors (Lipinski definition) is 2. The van der Waals surface area contributed by atoms with Crippen molar-refractivity contribution in [1.29, 1.82) is 0 Å². The SMILES string of the molecule is CCOc1ccc(OCC(=O)NCCNS(=O)(=O)c2ccc(OC)cc2)cc1. The van der Waals surface area contributed by atoms with Crippen LogP contribution < -0.4 is 24.2 Å². The highest BCUT2D eigenvalue weighted by Gasteiger charge is 2.13. The van der Waals surface area contributed by atoms with Gasteiger partial charge in [0.15, 0.2) is 6.61 Å². The number of rotatable bonds is 11. The van der Waals surface area contributed by atoms with Crippen molar-refractivity contribution in [3.63, 3.8) is 0 Å². The number of hydrogen-bond acceptors (Lipinski definition) is 6. The zero-order valence-corrected chi connectivity index (χ0v) is 16.6. The highest BCUT2D eigenvalue weighted by Crippen LogP contribution is 2.17. The van der Waals surface area contributed by atoms with E-state index in [1.54, 1.807) is 36.4 Å². The molecule has 9 heteroatoms. The maximum Gasteiger partial charge on any atom is 0.257 e. The van der Waals surface area contributed by atoms with Crippen LogP contribution in [0, 0.1) is 0 Å². The second kappa shape index (κ2) is 10.5. The lowest BCUT2D eigenvalue weighted by Gasteiger charge is -2.10. The zero-order valence-electron chi connectivity index (χ0n) is 15.8. The zero-order chi connectivity index (χ0) is 20.4. The van der Waals surface area contributed by atoms with Gasteiger partial charge in [0.25, 0.3) is 5.91 Å². The lowest BCUT2D eigenvalue weighted by atomic mass is 10.3. The van der Waals surface area contributed by atoms with E-state index >= 15 is 0 Å². The van der Waals surface area contributed by atoms with Crippen molar-refractivity contribution in [2.75, 3.05) is 33.4 Å². The van der Waals surface area contributed by atoms with E-state index in [2.05, 4.69) is 10.0 Å². The Labute approximate surface area is 164 Å². The molecule has 2 N–H and O–H groups in total. The van der Waals surface area contributed by atoms with E-state index in [9.17, 15) is 13.2 Å². The van der Waals surface area contributed by atoms with Gasteiger partial charge in [-0.25, -0.2) is 13.1 Å². The summed E-state index contributed by atoms with van der Waals surface area (Å²) >= 11 is 0. The van der Waals surface area contributed by atoms with E-state index in [1.807, 2.05) is 6.92 Å². The van der Waals surface area contributed by atoms with Crippen molar-refractivity contribution in [3.8, 4) is 17.2 Å². The summed E-state index contributed by atoms with van der Waals surface area (Å²) in [4.78, 5) is 11.9. The minimum absolute atomic E-state index is 0.0587. The maximum absolute atomic E-state index is 12.2. The molecule has 1 amide bonds. The Bertz CT molecular complexity index is 851. The minimum Gasteiger partial charge on any atom is -0.497 e. The van der Waals surface area contributed by atoms with Crippen molar-refractivity contribution in [2.24, 2.45) is 0 Å². The molecule has 2 rings (SSSR count). The quantitative estimate of drug-likeness (QED) is 0.547. The summed E-state index contributed by atoms with van der Waals surface area (Å²) < 4.78 is 42.4. The van der Waals surface area contributed by atoms with Gasteiger partial charge in [-0.15, -0.1) is 0 Å². The van der Waals surface area contributed by atoms with E-state index < -0.39 is 10.0 Å². The Morgan fingerprint density at radius 2 is 1.46 bits per heavy atom. The van der Waals surface area contributed by atoms with Gasteiger partial charge in [0.05, 0.1) is 18.6 Å². The summed E-state index contributed by atoms with van der Waals surface area (Å²) in [5.74, 6) is 1.48. The van der Waals surface area contributed by atoms with E-state index in [1.165, 1.54) is 19.2 Å². The Kier molecular flexibility index (Phi) is 8.09. The predicted octanol–water partition coefficient (Wildman–Crippen LogP) is 1.57. The van der Waals surface area contributed by atoms with Crippen molar-refractivity contribution in [2.45, 2.75) is 11.8 Å². The van der Waals surface area contributed by atoms with Crippen molar-refractivity contribution < 1.29 is 27.4 Å². The molecule has 2 aromatic carbocycles. The molecule has 0 heterocycles. The normalized spacial score (nSPS) is 10.9. The number of ether oxygens (including phenoxy) is 3. The Morgan fingerprint density at radius 1 is 0.893 bits per heavy atom. The highest BCUT2D eigenvalue weighted by molar-refractivity contribution is 7.89. The van der Waals surface area contributed by atoms with Crippen LogP contribution in [0.15, 0.2) is 53.4 Å². The third-order valence-electron chi connectivity index (χ3n) is 3.61. The second-order valence-corrected chi connectivity index (χ2v) is 7.38. The van der Waals surface area contributed by atoms with Crippen LogP contribution in [0.1, 0.15) is 6.92 Å². The molecule has 0 fully saturated rings. The van der Waals surface area contributed by atoms with E-state index in [0.717, 1.165) is 5.75 Å². The van der Waals surface area contributed by atoms with Gasteiger partial charge in [-0.05, 0) is 55.5 Å². The fourth-order valence-electron chi connectivity index (χ4n) is 2.22. The van der Waals surface area contributed by atoms with Gasteiger partial charge < -0.3 is 19.5 Å². The van der Waals surface area contributed by atoms with Crippen molar-refractivity contribution in [3.05, 3.63) is 48.5 Å². The first-order valence-electron chi connectivity index (χ1n) is 8.70. The molecule has 0 aromatic heterocycles. The average Bonchev–Trinajstić information content (AvgIpc) is 2.71. The summed E-state index contributed by atoms with van der Waals surface area (Å²) in [6, 6.07) is 13.0. The number of carbonyl (C=O) groups is 1.